The summed E-state index contributed by atoms with van der Waals surface area (Å²) in [6, 6.07) is 16.4. The van der Waals surface area contributed by atoms with Gasteiger partial charge in [-0.05, 0) is 42.3 Å². The van der Waals surface area contributed by atoms with Crippen molar-refractivity contribution in [1.82, 2.24) is 14.4 Å². The third-order valence-corrected chi connectivity index (χ3v) is 6.06. The first-order valence-corrected chi connectivity index (χ1v) is 11.6. The molecule has 1 aromatic heterocycles. The smallest absolute Gasteiger partial charge is 0.161 e. The monoisotopic (exact) mass is 453 g/mol. The van der Waals surface area contributed by atoms with Gasteiger partial charge in [0.2, 0.25) is 0 Å². The van der Waals surface area contributed by atoms with Crippen molar-refractivity contribution in [2.45, 2.75) is 19.2 Å². The Labute approximate surface area is 196 Å². The molecule has 7 heteroatoms. The summed E-state index contributed by atoms with van der Waals surface area (Å²) in [5, 5.41) is 11.9. The summed E-state index contributed by atoms with van der Waals surface area (Å²) in [6.45, 7) is 6.86. The Bertz CT molecular complexity index is 1020. The van der Waals surface area contributed by atoms with Gasteiger partial charge in [0.05, 0.1) is 26.4 Å². The fourth-order valence-corrected chi connectivity index (χ4v) is 4.36. The minimum absolute atomic E-state index is 0.463. The van der Waals surface area contributed by atoms with Crippen LogP contribution in [0.25, 0.3) is 10.9 Å². The first-order valence-electron chi connectivity index (χ1n) is 11.6. The Hall–Kier alpha value is -2.58. The number of aliphatic hydroxyl groups is 1. The molecule has 1 aliphatic heterocycles. The largest absolute Gasteiger partial charge is 0.493 e. The quantitative estimate of drug-likeness (QED) is 0.482. The van der Waals surface area contributed by atoms with Gasteiger partial charge in [0.1, 0.15) is 6.61 Å². The summed E-state index contributed by atoms with van der Waals surface area (Å²) in [6.07, 6.45) is 1.58. The lowest BCUT2D eigenvalue weighted by Crippen LogP contribution is -2.38. The van der Waals surface area contributed by atoms with E-state index in [0.29, 0.717) is 26.2 Å². The number of methoxy groups -OCH3 is 1. The first-order chi connectivity index (χ1) is 16.1. The Kier molecular flexibility index (Phi) is 8.23. The van der Waals surface area contributed by atoms with Crippen LogP contribution in [-0.2, 0) is 17.8 Å². The second kappa shape index (κ2) is 11.5. The zero-order chi connectivity index (χ0) is 23.0. The van der Waals surface area contributed by atoms with Gasteiger partial charge in [-0.1, -0.05) is 24.3 Å². The number of hydrogen-bond acceptors (Lipinski definition) is 6. The van der Waals surface area contributed by atoms with E-state index in [4.69, 9.17) is 14.2 Å². The van der Waals surface area contributed by atoms with Crippen LogP contribution in [0.3, 0.4) is 0 Å². The van der Waals surface area contributed by atoms with Crippen molar-refractivity contribution in [3.8, 4) is 11.5 Å². The topological polar surface area (TPSA) is 59.3 Å². The normalized spacial score (nSPS) is 15.8. The van der Waals surface area contributed by atoms with Gasteiger partial charge in [-0.2, -0.15) is 0 Å². The number of para-hydroxylation sites is 1. The van der Waals surface area contributed by atoms with Crippen LogP contribution < -0.4 is 9.47 Å². The molecule has 4 rings (SSSR count). The van der Waals surface area contributed by atoms with E-state index in [2.05, 4.69) is 38.6 Å². The molecule has 1 saturated heterocycles. The lowest BCUT2D eigenvalue weighted by Gasteiger charge is -2.26. The van der Waals surface area contributed by atoms with Crippen LogP contribution in [0.2, 0.25) is 0 Å². The molecular formula is C26H35N3O4. The molecule has 1 N–H and O–H groups in total. The van der Waals surface area contributed by atoms with Crippen molar-refractivity contribution < 1.29 is 19.3 Å². The maximum absolute atomic E-state index is 10.7. The number of aliphatic hydroxyl groups excluding tert-OH is 1. The van der Waals surface area contributed by atoms with Crippen LogP contribution in [-0.4, -0.2) is 85.7 Å². The third kappa shape index (κ3) is 6.48. The highest BCUT2D eigenvalue weighted by molar-refractivity contribution is 5.79. The number of likely N-dealkylation sites (N-methyl/N-ethyl adjacent to an activating group) is 1. The van der Waals surface area contributed by atoms with E-state index in [1.807, 2.05) is 37.5 Å². The predicted molar refractivity (Wildman–Crippen MR) is 130 cm³/mol. The molecule has 0 bridgehead atoms. The van der Waals surface area contributed by atoms with Gasteiger partial charge >= 0.3 is 0 Å². The zero-order valence-corrected chi connectivity index (χ0v) is 19.7. The van der Waals surface area contributed by atoms with Crippen LogP contribution in [0.1, 0.15) is 5.56 Å². The Morgan fingerprint density at radius 1 is 1.09 bits per heavy atom. The molecule has 1 atom stereocenters. The molecular weight excluding hydrogens is 418 g/mol. The van der Waals surface area contributed by atoms with E-state index >= 15 is 0 Å². The van der Waals surface area contributed by atoms with Gasteiger partial charge in [0.15, 0.2) is 11.5 Å². The fraction of sp³-hybridized carbons (Fsp3) is 0.462. The van der Waals surface area contributed by atoms with Crippen LogP contribution in [0.15, 0.2) is 54.7 Å². The van der Waals surface area contributed by atoms with E-state index in [1.165, 1.54) is 5.39 Å². The number of morpholine rings is 1. The number of hydrogen-bond donors (Lipinski definition) is 1. The van der Waals surface area contributed by atoms with Gasteiger partial charge in [0, 0.05) is 51.0 Å². The summed E-state index contributed by atoms with van der Waals surface area (Å²) in [5.41, 5.74) is 2.27. The summed E-state index contributed by atoms with van der Waals surface area (Å²) in [5.74, 6) is 1.50. The van der Waals surface area contributed by atoms with Crippen LogP contribution in [0, 0.1) is 0 Å². The molecule has 2 aromatic carbocycles. The lowest BCUT2D eigenvalue weighted by atomic mass is 10.2. The van der Waals surface area contributed by atoms with Crippen molar-refractivity contribution in [2.24, 2.45) is 0 Å². The number of rotatable bonds is 11. The maximum Gasteiger partial charge on any atom is 0.161 e. The Morgan fingerprint density at radius 2 is 1.91 bits per heavy atom. The Balaban J connectivity index is 1.27. The highest BCUT2D eigenvalue weighted by Crippen LogP contribution is 2.28. The van der Waals surface area contributed by atoms with Crippen molar-refractivity contribution in [3.05, 3.63) is 60.3 Å². The molecule has 0 unspecified atom stereocenters. The average Bonchev–Trinajstić information content (AvgIpc) is 3.23. The van der Waals surface area contributed by atoms with E-state index in [-0.39, 0.29) is 0 Å². The first kappa shape index (κ1) is 23.6. The molecule has 0 amide bonds. The van der Waals surface area contributed by atoms with Gasteiger partial charge in [0.25, 0.3) is 0 Å². The number of ether oxygens (including phenoxy) is 3. The predicted octanol–water partition coefficient (Wildman–Crippen LogP) is 2.85. The molecule has 7 nitrogen and oxygen atoms in total. The number of fused-ring (bicyclic) bond motifs is 1. The summed E-state index contributed by atoms with van der Waals surface area (Å²) < 4.78 is 19.1. The van der Waals surface area contributed by atoms with Gasteiger partial charge in [-0.3, -0.25) is 9.80 Å². The van der Waals surface area contributed by atoms with Gasteiger partial charge in [-0.25, -0.2) is 0 Å². The second-order valence-electron chi connectivity index (χ2n) is 8.67. The lowest BCUT2D eigenvalue weighted by molar-refractivity contribution is 0.0321. The van der Waals surface area contributed by atoms with Crippen molar-refractivity contribution in [1.29, 1.82) is 0 Å². The second-order valence-corrected chi connectivity index (χ2v) is 8.67. The molecule has 0 radical (unpaired) electrons. The molecule has 1 fully saturated rings. The molecule has 2 heterocycles. The third-order valence-electron chi connectivity index (χ3n) is 6.06. The molecule has 0 saturated carbocycles. The number of aromatic nitrogens is 1. The zero-order valence-electron chi connectivity index (χ0n) is 19.7. The standard InChI is InChI=1S/C26H35N3O4/c1-27(19-23(30)20-29-10-9-22-5-3-4-6-24(22)29)18-21-7-8-25(26(17-21)31-2)33-16-13-28-11-14-32-15-12-28/h3-10,17,23,30H,11-16,18-20H2,1-2H3/t23-/m0/s1. The van der Waals surface area contributed by atoms with Crippen LogP contribution >= 0.6 is 0 Å². The maximum atomic E-state index is 10.7. The molecule has 0 spiro atoms. The van der Waals surface area contributed by atoms with Crippen LogP contribution in [0.4, 0.5) is 0 Å². The fourth-order valence-electron chi connectivity index (χ4n) is 4.36. The number of benzene rings is 2. The number of nitrogens with zero attached hydrogens (tertiary/aromatic N) is 3. The molecule has 0 aliphatic carbocycles. The average molecular weight is 454 g/mol. The van der Waals surface area contributed by atoms with Crippen molar-refractivity contribution in [2.75, 3.05) is 60.2 Å². The summed E-state index contributed by atoms with van der Waals surface area (Å²) in [7, 11) is 3.69. The minimum Gasteiger partial charge on any atom is -0.493 e. The Morgan fingerprint density at radius 3 is 2.73 bits per heavy atom. The highest BCUT2D eigenvalue weighted by atomic mass is 16.5. The van der Waals surface area contributed by atoms with Crippen molar-refractivity contribution >= 4 is 10.9 Å². The van der Waals surface area contributed by atoms with E-state index in [0.717, 1.165) is 55.4 Å². The van der Waals surface area contributed by atoms with E-state index in [9.17, 15) is 5.11 Å². The van der Waals surface area contributed by atoms with E-state index < -0.39 is 6.10 Å². The van der Waals surface area contributed by atoms with Crippen molar-refractivity contribution in [3.63, 3.8) is 0 Å². The van der Waals surface area contributed by atoms with Gasteiger partial charge < -0.3 is 23.9 Å². The highest BCUT2D eigenvalue weighted by Gasteiger charge is 2.14. The van der Waals surface area contributed by atoms with Gasteiger partial charge in [-0.15, -0.1) is 0 Å². The minimum atomic E-state index is -0.463. The summed E-state index contributed by atoms with van der Waals surface area (Å²) in [4.78, 5) is 4.48. The van der Waals surface area contributed by atoms with Crippen LogP contribution in [0.5, 0.6) is 11.5 Å². The molecule has 178 valence electrons. The van der Waals surface area contributed by atoms with E-state index in [1.54, 1.807) is 7.11 Å². The molecule has 33 heavy (non-hydrogen) atoms. The molecule has 3 aromatic rings. The summed E-state index contributed by atoms with van der Waals surface area (Å²) >= 11 is 0. The molecule has 1 aliphatic rings. The SMILES string of the molecule is COc1cc(CN(C)C[C@H](O)Cn2ccc3ccccc32)ccc1OCCN1CCOCC1.